The number of hydrogen-bond donors (Lipinski definition) is 1. The van der Waals surface area contributed by atoms with Crippen LogP contribution in [0.1, 0.15) is 78.6 Å². The molecule has 2 atom stereocenters. The lowest BCUT2D eigenvalue weighted by Gasteiger charge is -2.23. The van der Waals surface area contributed by atoms with Gasteiger partial charge in [-0.05, 0) is 44.6 Å². The molecule has 0 bridgehead atoms. The van der Waals surface area contributed by atoms with Crippen molar-refractivity contribution in [2.24, 2.45) is 11.8 Å². The van der Waals surface area contributed by atoms with Crippen LogP contribution < -0.4 is 5.32 Å². The van der Waals surface area contributed by atoms with E-state index in [1.54, 1.807) is 0 Å². The third-order valence-corrected chi connectivity index (χ3v) is 4.43. The van der Waals surface area contributed by atoms with Crippen molar-refractivity contribution in [3.63, 3.8) is 0 Å². The zero-order chi connectivity index (χ0) is 12.5. The first-order valence-electron chi connectivity index (χ1n) is 7.95. The molecule has 1 saturated carbocycles. The lowest BCUT2D eigenvalue weighted by Crippen LogP contribution is -2.32. The first-order valence-corrected chi connectivity index (χ1v) is 7.95. The van der Waals surface area contributed by atoms with E-state index in [-0.39, 0.29) is 0 Å². The summed E-state index contributed by atoms with van der Waals surface area (Å²) in [4.78, 5) is 0. The molecule has 0 radical (unpaired) electrons. The molecule has 1 aliphatic rings. The highest BCUT2D eigenvalue weighted by Gasteiger charge is 2.13. The van der Waals surface area contributed by atoms with Crippen molar-refractivity contribution in [1.29, 1.82) is 0 Å². The van der Waals surface area contributed by atoms with Crippen molar-refractivity contribution in [2.75, 3.05) is 6.54 Å². The van der Waals surface area contributed by atoms with Gasteiger partial charge in [0.05, 0.1) is 0 Å². The Morgan fingerprint density at radius 1 is 1.00 bits per heavy atom. The Labute approximate surface area is 109 Å². The molecule has 0 aromatic carbocycles. The van der Waals surface area contributed by atoms with E-state index in [1.807, 2.05) is 0 Å². The Hall–Kier alpha value is -0.0400. The summed E-state index contributed by atoms with van der Waals surface area (Å²) >= 11 is 0. The van der Waals surface area contributed by atoms with Crippen molar-refractivity contribution in [3.8, 4) is 0 Å². The molecule has 0 saturated heterocycles. The Bertz CT molecular complexity index is 170. The Morgan fingerprint density at radius 3 is 2.18 bits per heavy atom. The predicted octanol–water partition coefficient (Wildman–Crippen LogP) is 4.76. The van der Waals surface area contributed by atoms with Crippen molar-refractivity contribution < 1.29 is 0 Å². The fraction of sp³-hybridized carbons (Fsp3) is 1.00. The van der Waals surface area contributed by atoms with Crippen molar-refractivity contribution in [1.82, 2.24) is 5.32 Å². The smallest absolute Gasteiger partial charge is 0.00413 e. The fourth-order valence-electron chi connectivity index (χ4n) is 2.97. The second-order valence-corrected chi connectivity index (χ2v) is 6.27. The topological polar surface area (TPSA) is 12.0 Å². The van der Waals surface area contributed by atoms with Gasteiger partial charge in [-0.15, -0.1) is 0 Å². The molecule has 0 aliphatic heterocycles. The number of rotatable bonds is 6. The first kappa shape index (κ1) is 15.0. The summed E-state index contributed by atoms with van der Waals surface area (Å²) in [5.41, 5.74) is 0. The molecule has 1 fully saturated rings. The van der Waals surface area contributed by atoms with E-state index >= 15 is 0 Å². The van der Waals surface area contributed by atoms with E-state index in [9.17, 15) is 0 Å². The molecular formula is C16H33N. The van der Waals surface area contributed by atoms with E-state index < -0.39 is 0 Å². The quantitative estimate of drug-likeness (QED) is 0.704. The molecule has 0 spiro atoms. The molecule has 1 rings (SSSR count). The predicted molar refractivity (Wildman–Crippen MR) is 77.3 cm³/mol. The van der Waals surface area contributed by atoms with Gasteiger partial charge in [0.25, 0.3) is 0 Å². The minimum absolute atomic E-state index is 0.704. The average Bonchev–Trinajstić information content (AvgIpc) is 2.27. The molecule has 0 heterocycles. The third kappa shape index (κ3) is 7.08. The van der Waals surface area contributed by atoms with Gasteiger partial charge in [0.2, 0.25) is 0 Å². The van der Waals surface area contributed by atoms with Crippen molar-refractivity contribution >= 4 is 0 Å². The summed E-state index contributed by atoms with van der Waals surface area (Å²) in [6.45, 7) is 8.28. The normalized spacial score (nSPS) is 22.8. The van der Waals surface area contributed by atoms with Crippen LogP contribution in [0.15, 0.2) is 0 Å². The summed E-state index contributed by atoms with van der Waals surface area (Å²) in [6, 6.07) is 0.704. The molecular weight excluding hydrogens is 206 g/mol. The summed E-state index contributed by atoms with van der Waals surface area (Å²) in [7, 11) is 0. The van der Waals surface area contributed by atoms with Crippen LogP contribution in [0.3, 0.4) is 0 Å². The van der Waals surface area contributed by atoms with Gasteiger partial charge in [0, 0.05) is 6.04 Å². The fourth-order valence-corrected chi connectivity index (χ4v) is 2.97. The highest BCUT2D eigenvalue weighted by molar-refractivity contribution is 4.70. The average molecular weight is 239 g/mol. The monoisotopic (exact) mass is 239 g/mol. The lowest BCUT2D eigenvalue weighted by atomic mass is 9.90. The molecule has 0 aromatic rings. The summed E-state index contributed by atoms with van der Waals surface area (Å²) in [5, 5.41) is 3.77. The van der Waals surface area contributed by atoms with Crippen LogP contribution in [0.5, 0.6) is 0 Å². The van der Waals surface area contributed by atoms with Crippen molar-refractivity contribution in [2.45, 2.75) is 84.6 Å². The van der Waals surface area contributed by atoms with Gasteiger partial charge >= 0.3 is 0 Å². The highest BCUT2D eigenvalue weighted by Crippen LogP contribution is 2.22. The Balaban J connectivity index is 2.14. The summed E-state index contributed by atoms with van der Waals surface area (Å²) in [6.07, 6.45) is 12.9. The molecule has 0 aromatic heterocycles. The molecule has 102 valence electrons. The van der Waals surface area contributed by atoms with Gasteiger partial charge < -0.3 is 5.32 Å². The highest BCUT2D eigenvalue weighted by atomic mass is 14.9. The molecule has 1 nitrogen and oxygen atoms in total. The number of nitrogens with one attached hydrogen (secondary N) is 1. The van der Waals surface area contributed by atoms with Gasteiger partial charge in [-0.2, -0.15) is 0 Å². The van der Waals surface area contributed by atoms with Gasteiger partial charge in [-0.1, -0.05) is 52.4 Å². The van der Waals surface area contributed by atoms with Crippen LogP contribution in [-0.2, 0) is 0 Å². The Kier molecular flexibility index (Phi) is 7.92. The maximum absolute atomic E-state index is 3.77. The largest absolute Gasteiger partial charge is 0.314 e. The minimum Gasteiger partial charge on any atom is -0.314 e. The van der Waals surface area contributed by atoms with Crippen LogP contribution in [0.25, 0.3) is 0 Å². The van der Waals surface area contributed by atoms with Gasteiger partial charge in [-0.3, -0.25) is 0 Å². The SMILES string of the molecule is CCC(C)CC(C)NCC1CCCCCCC1. The van der Waals surface area contributed by atoms with E-state index in [0.717, 1.165) is 11.8 Å². The van der Waals surface area contributed by atoms with Gasteiger partial charge in [0.15, 0.2) is 0 Å². The van der Waals surface area contributed by atoms with Crippen LogP contribution in [0.4, 0.5) is 0 Å². The van der Waals surface area contributed by atoms with E-state index in [1.165, 1.54) is 64.3 Å². The maximum Gasteiger partial charge on any atom is 0.00413 e. The first-order chi connectivity index (χ1) is 8.22. The molecule has 1 aliphatic carbocycles. The summed E-state index contributed by atoms with van der Waals surface area (Å²) in [5.74, 6) is 1.82. The van der Waals surface area contributed by atoms with Gasteiger partial charge in [0.1, 0.15) is 0 Å². The molecule has 2 unspecified atom stereocenters. The second kappa shape index (κ2) is 8.97. The van der Waals surface area contributed by atoms with Gasteiger partial charge in [-0.25, -0.2) is 0 Å². The number of hydrogen-bond acceptors (Lipinski definition) is 1. The van der Waals surface area contributed by atoms with Crippen LogP contribution >= 0.6 is 0 Å². The molecule has 17 heavy (non-hydrogen) atoms. The van der Waals surface area contributed by atoms with E-state index in [0.29, 0.717) is 6.04 Å². The molecule has 1 N–H and O–H groups in total. The standard InChI is InChI=1S/C16H33N/c1-4-14(2)12-15(3)17-13-16-10-8-6-5-7-9-11-16/h14-17H,4-13H2,1-3H3. The Morgan fingerprint density at radius 2 is 1.59 bits per heavy atom. The zero-order valence-corrected chi connectivity index (χ0v) is 12.3. The minimum atomic E-state index is 0.704. The maximum atomic E-state index is 3.77. The summed E-state index contributed by atoms with van der Waals surface area (Å²) < 4.78 is 0. The van der Waals surface area contributed by atoms with Crippen molar-refractivity contribution in [3.05, 3.63) is 0 Å². The second-order valence-electron chi connectivity index (χ2n) is 6.27. The van der Waals surface area contributed by atoms with E-state index in [2.05, 4.69) is 26.1 Å². The van der Waals surface area contributed by atoms with Crippen LogP contribution in [0.2, 0.25) is 0 Å². The lowest BCUT2D eigenvalue weighted by molar-refractivity contribution is 0.330. The molecule has 0 amide bonds. The third-order valence-electron chi connectivity index (χ3n) is 4.43. The van der Waals surface area contributed by atoms with Crippen LogP contribution in [-0.4, -0.2) is 12.6 Å². The zero-order valence-electron chi connectivity index (χ0n) is 12.3. The van der Waals surface area contributed by atoms with E-state index in [4.69, 9.17) is 0 Å². The van der Waals surface area contributed by atoms with Crippen LogP contribution in [0, 0.1) is 11.8 Å². The molecule has 1 heteroatoms.